The Kier molecular flexibility index (Phi) is 1.59. The van der Waals surface area contributed by atoms with Crippen molar-refractivity contribution in [3.8, 4) is 0 Å². The highest BCUT2D eigenvalue weighted by Crippen LogP contribution is 2.48. The summed E-state index contributed by atoms with van der Waals surface area (Å²) in [5.41, 5.74) is 0. The monoisotopic (exact) mass is 143 g/mol. The lowest BCUT2D eigenvalue weighted by molar-refractivity contribution is 0.702. The molecule has 0 spiro atoms. The molecule has 1 heterocycles. The highest BCUT2D eigenvalue weighted by Gasteiger charge is 2.36. The quantitative estimate of drug-likeness (QED) is 0.502. The van der Waals surface area contributed by atoms with Crippen molar-refractivity contribution >= 4 is 11.8 Å². The Hall–Kier alpha value is 0.350. The van der Waals surface area contributed by atoms with Crippen LogP contribution in [-0.4, -0.2) is 9.49 Å². The molecule has 0 N–H and O–H groups in total. The van der Waals surface area contributed by atoms with E-state index in [1.807, 2.05) is 0 Å². The van der Waals surface area contributed by atoms with Gasteiger partial charge in [0.05, 0.1) is 0 Å². The zero-order chi connectivity index (χ0) is 7.12. The normalized spacial score (nSPS) is 30.7. The summed E-state index contributed by atoms with van der Waals surface area (Å²) in [6.07, 6.45) is 3.67. The van der Waals surface area contributed by atoms with Gasteiger partial charge in [0.1, 0.15) is 0 Å². The molecule has 0 aliphatic carbocycles. The van der Waals surface area contributed by atoms with Crippen LogP contribution in [0.1, 0.15) is 34.1 Å². The summed E-state index contributed by atoms with van der Waals surface area (Å²) in [4.78, 5) is 0. The first-order valence-corrected chi connectivity index (χ1v) is 4.28. The van der Waals surface area contributed by atoms with Gasteiger partial charge in [-0.3, -0.25) is 0 Å². The Morgan fingerprint density at radius 3 is 1.89 bits per heavy atom. The Labute approximate surface area is 62.4 Å². The van der Waals surface area contributed by atoms with Crippen LogP contribution in [0, 0.1) is 6.42 Å². The van der Waals surface area contributed by atoms with Crippen LogP contribution in [0.3, 0.4) is 0 Å². The van der Waals surface area contributed by atoms with Gasteiger partial charge in [0.2, 0.25) is 0 Å². The molecule has 1 fully saturated rings. The fourth-order valence-electron chi connectivity index (χ4n) is 1.29. The van der Waals surface area contributed by atoms with E-state index in [9.17, 15) is 0 Å². The second-order valence-electron chi connectivity index (χ2n) is 3.87. The average Bonchev–Trinajstić information content (AvgIpc) is 1.78. The predicted molar refractivity (Wildman–Crippen MR) is 44.7 cm³/mol. The summed E-state index contributed by atoms with van der Waals surface area (Å²) in [6.45, 7) is 9.19. The summed E-state index contributed by atoms with van der Waals surface area (Å²) in [6, 6.07) is 0. The van der Waals surface area contributed by atoms with Crippen LogP contribution in [0.4, 0.5) is 0 Å². The smallest absolute Gasteiger partial charge is 0.0140 e. The molecule has 0 aromatic carbocycles. The van der Waals surface area contributed by atoms with E-state index in [0.717, 1.165) is 0 Å². The minimum Gasteiger partial charge on any atom is -0.149 e. The minimum absolute atomic E-state index is 0.420. The minimum atomic E-state index is 0.420. The lowest BCUT2D eigenvalue weighted by atomic mass is 10.0. The van der Waals surface area contributed by atoms with Crippen molar-refractivity contribution in [1.29, 1.82) is 0 Å². The second-order valence-corrected chi connectivity index (χ2v) is 6.23. The Balaban J connectivity index is 2.58. The van der Waals surface area contributed by atoms with Gasteiger partial charge in [-0.25, -0.2) is 0 Å². The third kappa shape index (κ3) is 1.89. The first-order valence-electron chi connectivity index (χ1n) is 3.46. The van der Waals surface area contributed by atoms with E-state index < -0.39 is 0 Å². The van der Waals surface area contributed by atoms with Crippen molar-refractivity contribution in [1.82, 2.24) is 0 Å². The van der Waals surface area contributed by atoms with E-state index in [1.54, 1.807) is 0 Å². The SMILES string of the molecule is CC1(C)[CH]CC(C)(C)S1. The zero-order valence-corrected chi connectivity index (χ0v) is 7.51. The van der Waals surface area contributed by atoms with Crippen molar-refractivity contribution in [3.05, 3.63) is 6.42 Å². The molecule has 0 amide bonds. The van der Waals surface area contributed by atoms with Gasteiger partial charge in [0.25, 0.3) is 0 Å². The van der Waals surface area contributed by atoms with Crippen molar-refractivity contribution < 1.29 is 0 Å². The molecule has 0 aromatic rings. The molecule has 0 saturated carbocycles. The molecular weight excluding hydrogens is 128 g/mol. The molecule has 1 rings (SSSR count). The van der Waals surface area contributed by atoms with E-state index in [2.05, 4.69) is 45.9 Å². The van der Waals surface area contributed by atoms with Gasteiger partial charge in [-0.15, -0.1) is 11.8 Å². The molecule has 0 unspecified atom stereocenters. The third-order valence-electron chi connectivity index (χ3n) is 1.62. The molecule has 0 atom stereocenters. The predicted octanol–water partition coefficient (Wildman–Crippen LogP) is 2.88. The van der Waals surface area contributed by atoms with Gasteiger partial charge in [-0.2, -0.15) is 0 Å². The van der Waals surface area contributed by atoms with Crippen LogP contribution in [0.5, 0.6) is 0 Å². The molecule has 0 bridgehead atoms. The van der Waals surface area contributed by atoms with Crippen LogP contribution >= 0.6 is 11.8 Å². The third-order valence-corrected chi connectivity index (χ3v) is 3.04. The largest absolute Gasteiger partial charge is 0.149 e. The van der Waals surface area contributed by atoms with Crippen LogP contribution in [0.15, 0.2) is 0 Å². The van der Waals surface area contributed by atoms with Crippen molar-refractivity contribution in [2.75, 3.05) is 0 Å². The van der Waals surface area contributed by atoms with E-state index in [0.29, 0.717) is 9.49 Å². The van der Waals surface area contributed by atoms with Crippen molar-refractivity contribution in [2.45, 2.75) is 43.6 Å². The van der Waals surface area contributed by atoms with Crippen LogP contribution in [0.25, 0.3) is 0 Å². The lowest BCUT2D eigenvalue weighted by Crippen LogP contribution is -2.12. The molecule has 1 saturated heterocycles. The van der Waals surface area contributed by atoms with Gasteiger partial charge in [-0.05, 0) is 12.8 Å². The maximum absolute atomic E-state index is 2.41. The van der Waals surface area contributed by atoms with Gasteiger partial charge in [0, 0.05) is 9.49 Å². The highest BCUT2D eigenvalue weighted by atomic mass is 32.2. The van der Waals surface area contributed by atoms with E-state index in [-0.39, 0.29) is 0 Å². The number of hydrogen-bond acceptors (Lipinski definition) is 1. The maximum atomic E-state index is 2.41. The summed E-state index contributed by atoms with van der Waals surface area (Å²) in [5, 5.41) is 0. The lowest BCUT2D eigenvalue weighted by Gasteiger charge is -2.20. The number of rotatable bonds is 0. The van der Waals surface area contributed by atoms with Crippen LogP contribution in [-0.2, 0) is 0 Å². The van der Waals surface area contributed by atoms with E-state index in [4.69, 9.17) is 0 Å². The summed E-state index contributed by atoms with van der Waals surface area (Å²) < 4.78 is 0.910. The Morgan fingerprint density at radius 1 is 1.22 bits per heavy atom. The fraction of sp³-hybridized carbons (Fsp3) is 0.875. The summed E-state index contributed by atoms with van der Waals surface area (Å²) >= 11 is 2.07. The van der Waals surface area contributed by atoms with Gasteiger partial charge < -0.3 is 0 Å². The zero-order valence-electron chi connectivity index (χ0n) is 6.69. The molecule has 53 valence electrons. The molecule has 1 aliphatic heterocycles. The van der Waals surface area contributed by atoms with Crippen LogP contribution < -0.4 is 0 Å². The van der Waals surface area contributed by atoms with E-state index >= 15 is 0 Å². The summed E-state index contributed by atoms with van der Waals surface area (Å²) in [7, 11) is 0. The van der Waals surface area contributed by atoms with Crippen molar-refractivity contribution in [3.63, 3.8) is 0 Å². The fourth-order valence-corrected chi connectivity index (χ4v) is 3.04. The number of thioether (sulfide) groups is 1. The van der Waals surface area contributed by atoms with Crippen LogP contribution in [0.2, 0.25) is 0 Å². The molecule has 1 aliphatic rings. The first kappa shape index (κ1) is 7.46. The molecule has 9 heavy (non-hydrogen) atoms. The Bertz CT molecular complexity index is 99.7. The average molecular weight is 143 g/mol. The number of hydrogen-bond donors (Lipinski definition) is 0. The maximum Gasteiger partial charge on any atom is 0.0140 e. The molecule has 1 radical (unpaired) electrons. The second kappa shape index (κ2) is 1.91. The Morgan fingerprint density at radius 2 is 1.78 bits per heavy atom. The standard InChI is InChI=1S/C8H15S/c1-7(2)5-6-8(3,4)9-7/h5H,6H2,1-4H3. The van der Waals surface area contributed by atoms with Gasteiger partial charge in [0.15, 0.2) is 0 Å². The molecular formula is C8H15S. The molecule has 0 nitrogen and oxygen atoms in total. The van der Waals surface area contributed by atoms with Gasteiger partial charge in [-0.1, -0.05) is 27.7 Å². The highest BCUT2D eigenvalue weighted by molar-refractivity contribution is 8.02. The van der Waals surface area contributed by atoms with E-state index in [1.165, 1.54) is 6.42 Å². The van der Waals surface area contributed by atoms with Crippen molar-refractivity contribution in [2.24, 2.45) is 0 Å². The van der Waals surface area contributed by atoms with Gasteiger partial charge >= 0.3 is 0 Å². The topological polar surface area (TPSA) is 0 Å². The first-order chi connectivity index (χ1) is 3.91. The molecule has 0 aromatic heterocycles. The molecule has 1 heteroatoms. The summed E-state index contributed by atoms with van der Waals surface area (Å²) in [5.74, 6) is 0.